The fourth-order valence-corrected chi connectivity index (χ4v) is 2.91. The number of hydrogen-bond donors (Lipinski definition) is 1. The molecule has 0 aliphatic rings. The highest BCUT2D eigenvalue weighted by Gasteiger charge is 2.48. The van der Waals surface area contributed by atoms with Crippen molar-refractivity contribution in [2.45, 2.75) is 24.1 Å². The SMILES string of the molecule is Cc1ccccc1CC(S)c1ccc(OS(=O)(=O)C(F)(F)F)cc1. The van der Waals surface area contributed by atoms with Crippen molar-refractivity contribution in [2.75, 3.05) is 0 Å². The van der Waals surface area contributed by atoms with Gasteiger partial charge in [0.25, 0.3) is 0 Å². The zero-order chi connectivity index (χ0) is 18.0. The van der Waals surface area contributed by atoms with Gasteiger partial charge in [0.05, 0.1) is 0 Å². The predicted octanol–water partition coefficient (Wildman–Crippen LogP) is 4.44. The second-order valence-corrected chi connectivity index (χ2v) is 7.36. The van der Waals surface area contributed by atoms with Crippen LogP contribution in [0.1, 0.15) is 21.9 Å². The van der Waals surface area contributed by atoms with E-state index >= 15 is 0 Å². The molecule has 130 valence electrons. The number of halogens is 3. The Morgan fingerprint density at radius 2 is 1.67 bits per heavy atom. The first kappa shape index (κ1) is 18.7. The summed E-state index contributed by atoms with van der Waals surface area (Å²) in [5.74, 6) is -0.396. The van der Waals surface area contributed by atoms with E-state index in [1.54, 1.807) is 0 Å². The van der Waals surface area contributed by atoms with Crippen molar-refractivity contribution in [3.05, 3.63) is 65.2 Å². The third-order valence-corrected chi connectivity index (χ3v) is 4.89. The molecule has 0 bridgehead atoms. The molecule has 0 radical (unpaired) electrons. The highest BCUT2D eigenvalue weighted by atomic mass is 32.2. The molecule has 0 heterocycles. The van der Waals surface area contributed by atoms with Crippen molar-refractivity contribution in [3.63, 3.8) is 0 Å². The summed E-state index contributed by atoms with van der Waals surface area (Å²) in [6.07, 6.45) is 0.636. The third kappa shape index (κ3) is 4.45. The molecule has 2 rings (SSSR count). The van der Waals surface area contributed by atoms with Gasteiger partial charge in [-0.25, -0.2) is 0 Å². The van der Waals surface area contributed by atoms with Gasteiger partial charge in [-0.2, -0.15) is 34.2 Å². The Labute approximate surface area is 144 Å². The van der Waals surface area contributed by atoms with Crippen molar-refractivity contribution >= 4 is 22.7 Å². The van der Waals surface area contributed by atoms with E-state index in [1.165, 1.54) is 24.3 Å². The maximum atomic E-state index is 12.3. The number of hydrogen-bond acceptors (Lipinski definition) is 4. The van der Waals surface area contributed by atoms with E-state index in [0.29, 0.717) is 6.42 Å². The minimum absolute atomic E-state index is 0.181. The average molecular weight is 376 g/mol. The second-order valence-electron chi connectivity index (χ2n) is 5.20. The highest BCUT2D eigenvalue weighted by molar-refractivity contribution is 7.88. The lowest BCUT2D eigenvalue weighted by Crippen LogP contribution is -2.28. The quantitative estimate of drug-likeness (QED) is 0.477. The minimum atomic E-state index is -5.66. The molecule has 3 nitrogen and oxygen atoms in total. The van der Waals surface area contributed by atoms with Crippen LogP contribution in [0.4, 0.5) is 13.2 Å². The summed E-state index contributed by atoms with van der Waals surface area (Å²) in [5.41, 5.74) is -2.48. The summed E-state index contributed by atoms with van der Waals surface area (Å²) in [5, 5.41) is -0.181. The van der Waals surface area contributed by atoms with Gasteiger partial charge in [0, 0.05) is 5.25 Å². The molecule has 8 heteroatoms. The summed E-state index contributed by atoms with van der Waals surface area (Å²) in [6.45, 7) is 1.98. The lowest BCUT2D eigenvalue weighted by molar-refractivity contribution is -0.0500. The molecule has 2 aromatic rings. The molecular formula is C16H15F3O3S2. The van der Waals surface area contributed by atoms with Crippen LogP contribution in [0.5, 0.6) is 5.75 Å². The smallest absolute Gasteiger partial charge is 0.376 e. The molecule has 0 saturated heterocycles. The molecule has 0 aliphatic carbocycles. The molecule has 0 saturated carbocycles. The number of benzene rings is 2. The van der Waals surface area contributed by atoms with Gasteiger partial charge in [0.1, 0.15) is 5.75 Å². The van der Waals surface area contributed by atoms with Gasteiger partial charge in [0.2, 0.25) is 0 Å². The first-order valence-corrected chi connectivity index (χ1v) is 8.86. The maximum absolute atomic E-state index is 12.3. The van der Waals surface area contributed by atoms with Gasteiger partial charge in [-0.1, -0.05) is 36.4 Å². The second kappa shape index (κ2) is 7.06. The Kier molecular flexibility index (Phi) is 5.49. The third-order valence-electron chi connectivity index (χ3n) is 3.43. The fourth-order valence-electron chi connectivity index (χ4n) is 2.08. The largest absolute Gasteiger partial charge is 0.534 e. The fraction of sp³-hybridized carbons (Fsp3) is 0.250. The van der Waals surface area contributed by atoms with Crippen molar-refractivity contribution in [1.82, 2.24) is 0 Å². The van der Waals surface area contributed by atoms with Crippen LogP contribution in [0.25, 0.3) is 0 Å². The molecule has 0 fully saturated rings. The number of thiol groups is 1. The Bertz CT molecular complexity index is 800. The summed E-state index contributed by atoms with van der Waals surface area (Å²) in [4.78, 5) is 0. The van der Waals surface area contributed by atoms with Gasteiger partial charge >= 0.3 is 15.6 Å². The van der Waals surface area contributed by atoms with Crippen LogP contribution in [0.2, 0.25) is 0 Å². The number of rotatable bonds is 5. The molecule has 1 unspecified atom stereocenters. The molecule has 0 aliphatic heterocycles. The molecule has 0 spiro atoms. The first-order chi connectivity index (χ1) is 11.1. The van der Waals surface area contributed by atoms with E-state index in [4.69, 9.17) is 0 Å². The maximum Gasteiger partial charge on any atom is 0.534 e. The van der Waals surface area contributed by atoms with Crippen LogP contribution in [0.3, 0.4) is 0 Å². The van der Waals surface area contributed by atoms with E-state index in [-0.39, 0.29) is 5.25 Å². The predicted molar refractivity (Wildman–Crippen MR) is 88.7 cm³/mol. The molecular weight excluding hydrogens is 361 g/mol. The zero-order valence-electron chi connectivity index (χ0n) is 12.6. The summed E-state index contributed by atoms with van der Waals surface area (Å²) in [6, 6.07) is 13.2. The van der Waals surface area contributed by atoms with E-state index in [9.17, 15) is 21.6 Å². The standard InChI is InChI=1S/C16H15F3O3S2/c1-11-4-2-3-5-13(11)10-15(23)12-6-8-14(9-7-12)22-24(20,21)16(17,18)19/h2-9,15,23H,10H2,1H3. The van der Waals surface area contributed by atoms with Crippen LogP contribution in [0.15, 0.2) is 48.5 Å². The van der Waals surface area contributed by atoms with Crippen molar-refractivity contribution in [3.8, 4) is 5.75 Å². The zero-order valence-corrected chi connectivity index (χ0v) is 14.3. The Morgan fingerprint density at radius 1 is 1.08 bits per heavy atom. The highest BCUT2D eigenvalue weighted by Crippen LogP contribution is 2.30. The van der Waals surface area contributed by atoms with E-state index in [1.807, 2.05) is 31.2 Å². The topological polar surface area (TPSA) is 43.4 Å². The van der Waals surface area contributed by atoms with Crippen LogP contribution < -0.4 is 4.18 Å². The van der Waals surface area contributed by atoms with Crippen LogP contribution in [0, 0.1) is 6.92 Å². The first-order valence-electron chi connectivity index (χ1n) is 6.93. The lowest BCUT2D eigenvalue weighted by atomic mass is 10.0. The summed E-state index contributed by atoms with van der Waals surface area (Å²) >= 11 is 4.51. The van der Waals surface area contributed by atoms with Crippen molar-refractivity contribution < 1.29 is 25.8 Å². The normalized spacial score (nSPS) is 13.5. The van der Waals surface area contributed by atoms with Crippen LogP contribution >= 0.6 is 12.6 Å². The van der Waals surface area contributed by atoms with Gasteiger partial charge in [-0.05, 0) is 42.2 Å². The van der Waals surface area contributed by atoms with Gasteiger partial charge < -0.3 is 4.18 Å². The molecule has 0 amide bonds. The molecule has 0 N–H and O–H groups in total. The monoisotopic (exact) mass is 376 g/mol. The van der Waals surface area contributed by atoms with E-state index in [0.717, 1.165) is 16.7 Å². The summed E-state index contributed by atoms with van der Waals surface area (Å²) < 4.78 is 62.8. The van der Waals surface area contributed by atoms with Gasteiger partial charge in [0.15, 0.2) is 0 Å². The van der Waals surface area contributed by atoms with Crippen molar-refractivity contribution in [2.24, 2.45) is 0 Å². The Balaban J connectivity index is 2.11. The average Bonchev–Trinajstić information content (AvgIpc) is 2.48. The molecule has 1 atom stereocenters. The van der Waals surface area contributed by atoms with E-state index in [2.05, 4.69) is 16.8 Å². The molecule has 2 aromatic carbocycles. The van der Waals surface area contributed by atoms with Crippen LogP contribution in [-0.2, 0) is 16.5 Å². The van der Waals surface area contributed by atoms with E-state index < -0.39 is 21.4 Å². The van der Waals surface area contributed by atoms with Gasteiger partial charge in [-0.15, -0.1) is 0 Å². The Morgan fingerprint density at radius 3 is 2.21 bits per heavy atom. The number of alkyl halides is 3. The van der Waals surface area contributed by atoms with Crippen LogP contribution in [-0.4, -0.2) is 13.9 Å². The minimum Gasteiger partial charge on any atom is -0.376 e. The summed E-state index contributed by atoms with van der Waals surface area (Å²) in [7, 11) is -5.66. The molecule has 0 aromatic heterocycles. The molecule has 24 heavy (non-hydrogen) atoms. The van der Waals surface area contributed by atoms with Crippen molar-refractivity contribution in [1.29, 1.82) is 0 Å². The number of aryl methyl sites for hydroxylation is 1. The van der Waals surface area contributed by atoms with Gasteiger partial charge in [-0.3, -0.25) is 0 Å². The Hall–Kier alpha value is -1.67. The lowest BCUT2D eigenvalue weighted by Gasteiger charge is -2.14.